The molecule has 0 spiro atoms. The van der Waals surface area contributed by atoms with Crippen LogP contribution < -0.4 is 0 Å². The number of hydrogen-bond donors (Lipinski definition) is 0. The second kappa shape index (κ2) is 5.02. The molecule has 3 nitrogen and oxygen atoms in total. The lowest BCUT2D eigenvalue weighted by Gasteiger charge is -1.96. The lowest BCUT2D eigenvalue weighted by Crippen LogP contribution is -1.93. The van der Waals surface area contributed by atoms with Crippen LogP contribution in [-0.2, 0) is 0 Å². The van der Waals surface area contributed by atoms with Crippen molar-refractivity contribution >= 4 is 0 Å². The van der Waals surface area contributed by atoms with Gasteiger partial charge in [-0.1, -0.05) is 12.0 Å². The van der Waals surface area contributed by atoms with Crippen molar-refractivity contribution in [1.82, 2.24) is 0 Å². The van der Waals surface area contributed by atoms with Gasteiger partial charge in [-0.2, -0.15) is 0 Å². The summed E-state index contributed by atoms with van der Waals surface area (Å²) < 4.78 is 0. The lowest BCUT2D eigenvalue weighted by atomic mass is 10.2. The van der Waals surface area contributed by atoms with E-state index in [9.17, 15) is 0 Å². The van der Waals surface area contributed by atoms with Gasteiger partial charge in [-0.25, -0.2) is 0 Å². The summed E-state index contributed by atoms with van der Waals surface area (Å²) in [6, 6.07) is 0.0334. The van der Waals surface area contributed by atoms with Crippen LogP contribution in [0.25, 0.3) is 10.4 Å². The van der Waals surface area contributed by atoms with Crippen molar-refractivity contribution < 1.29 is 0 Å². The molecule has 0 radical (unpaired) electrons. The van der Waals surface area contributed by atoms with Gasteiger partial charge in [-0.3, -0.25) is 0 Å². The van der Waals surface area contributed by atoms with Crippen LogP contribution in [0, 0.1) is 12.3 Å². The minimum absolute atomic E-state index is 0.0334. The van der Waals surface area contributed by atoms with E-state index in [1.807, 2.05) is 6.92 Å². The van der Waals surface area contributed by atoms with Crippen LogP contribution in [0.15, 0.2) is 5.11 Å². The quantitative estimate of drug-likeness (QED) is 0.239. The van der Waals surface area contributed by atoms with E-state index in [1.54, 1.807) is 0 Å². The molecule has 0 bridgehead atoms. The first kappa shape index (κ1) is 7.87. The average molecular weight is 123 g/mol. The largest absolute Gasteiger partial charge is 0.120 e. The minimum Gasteiger partial charge on any atom is -0.120 e. The van der Waals surface area contributed by atoms with Crippen LogP contribution in [0.4, 0.5) is 0 Å². The Kier molecular flexibility index (Phi) is 4.39. The number of rotatable bonds is 3. The SMILES string of the molecule is C#CCCC(C)N=[N+]=[N-]. The van der Waals surface area contributed by atoms with E-state index >= 15 is 0 Å². The van der Waals surface area contributed by atoms with Gasteiger partial charge in [0.2, 0.25) is 0 Å². The fourth-order valence-electron chi connectivity index (χ4n) is 0.438. The van der Waals surface area contributed by atoms with Crippen molar-refractivity contribution in [3.8, 4) is 12.3 Å². The predicted octanol–water partition coefficient (Wildman–Crippen LogP) is 2.10. The molecule has 0 aliphatic carbocycles. The first-order valence-corrected chi connectivity index (χ1v) is 2.79. The zero-order valence-corrected chi connectivity index (χ0v) is 5.41. The van der Waals surface area contributed by atoms with E-state index in [0.717, 1.165) is 6.42 Å². The van der Waals surface area contributed by atoms with Crippen molar-refractivity contribution in [2.45, 2.75) is 25.8 Å². The van der Waals surface area contributed by atoms with Crippen LogP contribution in [-0.4, -0.2) is 6.04 Å². The third-order valence-electron chi connectivity index (χ3n) is 0.955. The molecular weight excluding hydrogens is 114 g/mol. The van der Waals surface area contributed by atoms with Crippen LogP contribution >= 0.6 is 0 Å². The monoisotopic (exact) mass is 123 g/mol. The summed E-state index contributed by atoms with van der Waals surface area (Å²) in [4.78, 5) is 2.64. The number of azide groups is 1. The van der Waals surface area contributed by atoms with Gasteiger partial charge in [-0.05, 0) is 12.0 Å². The molecule has 3 heteroatoms. The molecule has 0 aliphatic rings. The number of hydrogen-bond acceptors (Lipinski definition) is 1. The summed E-state index contributed by atoms with van der Waals surface area (Å²) in [5.74, 6) is 2.47. The highest BCUT2D eigenvalue weighted by atomic mass is 15.1. The third kappa shape index (κ3) is 4.73. The van der Waals surface area contributed by atoms with Gasteiger partial charge < -0.3 is 0 Å². The number of nitrogens with zero attached hydrogens (tertiary/aromatic N) is 3. The van der Waals surface area contributed by atoms with Crippen molar-refractivity contribution in [1.29, 1.82) is 0 Å². The summed E-state index contributed by atoms with van der Waals surface area (Å²) in [7, 11) is 0. The topological polar surface area (TPSA) is 48.8 Å². The van der Waals surface area contributed by atoms with E-state index in [2.05, 4.69) is 15.9 Å². The maximum absolute atomic E-state index is 7.94. The molecule has 1 unspecified atom stereocenters. The molecule has 9 heavy (non-hydrogen) atoms. The van der Waals surface area contributed by atoms with E-state index in [4.69, 9.17) is 12.0 Å². The smallest absolute Gasteiger partial charge is 0.0354 e. The van der Waals surface area contributed by atoms with Gasteiger partial charge >= 0.3 is 0 Å². The molecule has 0 aliphatic heterocycles. The molecule has 1 atom stereocenters. The Balaban J connectivity index is 3.40. The Hall–Kier alpha value is -1.13. The molecule has 0 N–H and O–H groups in total. The second-order valence-corrected chi connectivity index (χ2v) is 1.80. The number of terminal acetylenes is 1. The van der Waals surface area contributed by atoms with Crippen molar-refractivity contribution in [2.75, 3.05) is 0 Å². The highest BCUT2D eigenvalue weighted by Crippen LogP contribution is 1.98. The molecule has 0 rings (SSSR count). The van der Waals surface area contributed by atoms with E-state index < -0.39 is 0 Å². The van der Waals surface area contributed by atoms with Gasteiger partial charge in [0.05, 0.1) is 0 Å². The van der Waals surface area contributed by atoms with Gasteiger partial charge in [0.15, 0.2) is 0 Å². The van der Waals surface area contributed by atoms with Crippen LogP contribution in [0.3, 0.4) is 0 Å². The minimum atomic E-state index is 0.0334. The Morgan fingerprint density at radius 1 is 1.89 bits per heavy atom. The molecular formula is C6H9N3. The Morgan fingerprint density at radius 2 is 2.56 bits per heavy atom. The van der Waals surface area contributed by atoms with Crippen LogP contribution in [0.2, 0.25) is 0 Å². The molecule has 0 amide bonds. The molecule has 0 aromatic heterocycles. The van der Waals surface area contributed by atoms with Crippen molar-refractivity contribution in [3.05, 3.63) is 10.4 Å². The zero-order chi connectivity index (χ0) is 7.11. The van der Waals surface area contributed by atoms with Crippen molar-refractivity contribution in [3.63, 3.8) is 0 Å². The summed E-state index contributed by atoms with van der Waals surface area (Å²) in [5, 5.41) is 3.45. The lowest BCUT2D eigenvalue weighted by molar-refractivity contribution is 0.678. The molecule has 0 saturated heterocycles. The standard InChI is InChI=1S/C6H9N3/c1-3-4-5-6(2)8-9-7/h1,6H,4-5H2,2H3. The molecule has 0 heterocycles. The van der Waals surface area contributed by atoms with Crippen LogP contribution in [0.1, 0.15) is 19.8 Å². The molecule has 0 saturated carbocycles. The average Bonchev–Trinajstić information content (AvgIpc) is 1.85. The van der Waals surface area contributed by atoms with Crippen LogP contribution in [0.5, 0.6) is 0 Å². The first-order chi connectivity index (χ1) is 4.31. The summed E-state index contributed by atoms with van der Waals surface area (Å²) >= 11 is 0. The maximum Gasteiger partial charge on any atom is 0.0354 e. The Morgan fingerprint density at radius 3 is 3.00 bits per heavy atom. The van der Waals surface area contributed by atoms with Gasteiger partial charge in [-0.15, -0.1) is 12.3 Å². The summed E-state index contributed by atoms with van der Waals surface area (Å²) in [6.45, 7) is 1.84. The third-order valence-corrected chi connectivity index (χ3v) is 0.955. The van der Waals surface area contributed by atoms with Gasteiger partial charge in [0, 0.05) is 17.4 Å². The fourth-order valence-corrected chi connectivity index (χ4v) is 0.438. The van der Waals surface area contributed by atoms with Gasteiger partial charge in [0.1, 0.15) is 0 Å². The maximum atomic E-state index is 7.94. The molecule has 0 fully saturated rings. The predicted molar refractivity (Wildman–Crippen MR) is 36.7 cm³/mol. The highest BCUT2D eigenvalue weighted by molar-refractivity contribution is 4.84. The zero-order valence-electron chi connectivity index (χ0n) is 5.41. The molecule has 48 valence electrons. The highest BCUT2D eigenvalue weighted by Gasteiger charge is 1.93. The molecule has 0 aromatic carbocycles. The van der Waals surface area contributed by atoms with E-state index in [1.165, 1.54) is 0 Å². The van der Waals surface area contributed by atoms with Gasteiger partial charge in [0.25, 0.3) is 0 Å². The summed E-state index contributed by atoms with van der Waals surface area (Å²) in [6.07, 6.45) is 6.45. The van der Waals surface area contributed by atoms with E-state index in [0.29, 0.717) is 6.42 Å². The summed E-state index contributed by atoms with van der Waals surface area (Å²) in [5.41, 5.74) is 7.94. The fraction of sp³-hybridized carbons (Fsp3) is 0.667. The molecule has 0 aromatic rings. The van der Waals surface area contributed by atoms with Crippen molar-refractivity contribution in [2.24, 2.45) is 5.11 Å². The van der Waals surface area contributed by atoms with E-state index in [-0.39, 0.29) is 6.04 Å². The second-order valence-electron chi connectivity index (χ2n) is 1.80. The Bertz CT molecular complexity index is 150. The normalized spacial score (nSPS) is 11.1. The Labute approximate surface area is 54.7 Å². The first-order valence-electron chi connectivity index (χ1n) is 2.79.